The molecule has 9 heteroatoms. The highest BCUT2D eigenvalue weighted by atomic mass is 16.2. The van der Waals surface area contributed by atoms with E-state index in [0.717, 1.165) is 42.9 Å². The first kappa shape index (κ1) is 24.2. The third kappa shape index (κ3) is 6.51. The summed E-state index contributed by atoms with van der Waals surface area (Å²) in [4.78, 5) is 37.4. The Bertz CT molecular complexity index is 1040. The number of carbonyl (C=O) groups excluding carboxylic acids is 2. The molecular weight excluding hydrogens is 418 g/mol. The van der Waals surface area contributed by atoms with Crippen LogP contribution < -0.4 is 20.9 Å². The highest BCUT2D eigenvalue weighted by Gasteiger charge is 2.19. The Morgan fingerprint density at radius 1 is 1.27 bits per heavy atom. The highest BCUT2D eigenvalue weighted by Crippen LogP contribution is 2.24. The van der Waals surface area contributed by atoms with E-state index in [1.807, 2.05) is 26.0 Å². The monoisotopic (exact) mass is 449 g/mol. The van der Waals surface area contributed by atoms with Crippen LogP contribution in [-0.4, -0.2) is 73.1 Å². The summed E-state index contributed by atoms with van der Waals surface area (Å²) in [5, 5.41) is 9.15. The molecule has 0 radical (unpaired) electrons. The van der Waals surface area contributed by atoms with Gasteiger partial charge in [0.2, 0.25) is 5.91 Å². The van der Waals surface area contributed by atoms with Crippen molar-refractivity contribution in [1.29, 1.82) is 0 Å². The lowest BCUT2D eigenvalue weighted by Gasteiger charge is -2.26. The number of hydrogen-bond acceptors (Lipinski definition) is 6. The van der Waals surface area contributed by atoms with Gasteiger partial charge in [0.1, 0.15) is 11.5 Å². The van der Waals surface area contributed by atoms with E-state index < -0.39 is 0 Å². The fraction of sp³-hybridized carbons (Fsp3) is 0.417. The lowest BCUT2D eigenvalue weighted by Crippen LogP contribution is -2.47. The molecule has 0 aromatic carbocycles. The van der Waals surface area contributed by atoms with Crippen LogP contribution >= 0.6 is 0 Å². The standard InChI is InChI=1S/C24H31N7O2/c1-5-20-23(29-24(33)30(4)21-14-17(2)6-8-26-21)19(18(3)15-28-20)7-9-27-22(32)16-31-12-10-25-11-13-31/h1,6,8,14-15,25H,7,9-13,16H2,2-4H3,(H,27,32)(H,29,33). The number of rotatable bonds is 7. The number of terminal acetylenes is 1. The van der Waals surface area contributed by atoms with Crippen molar-refractivity contribution >= 4 is 23.4 Å². The number of carbonyl (C=O) groups is 2. The number of anilines is 2. The first-order chi connectivity index (χ1) is 15.9. The van der Waals surface area contributed by atoms with E-state index in [0.29, 0.717) is 36.7 Å². The third-order valence-electron chi connectivity index (χ3n) is 5.59. The van der Waals surface area contributed by atoms with E-state index in [9.17, 15) is 9.59 Å². The molecule has 1 aliphatic rings. The molecule has 0 saturated carbocycles. The third-order valence-corrected chi connectivity index (χ3v) is 5.59. The summed E-state index contributed by atoms with van der Waals surface area (Å²) in [6.07, 6.45) is 9.52. The number of aromatic nitrogens is 2. The minimum absolute atomic E-state index is 0.0170. The smallest absolute Gasteiger partial charge is 0.327 e. The minimum Gasteiger partial charge on any atom is -0.355 e. The van der Waals surface area contributed by atoms with Gasteiger partial charge < -0.3 is 16.0 Å². The summed E-state index contributed by atoms with van der Waals surface area (Å²) in [5.41, 5.74) is 3.56. The Morgan fingerprint density at radius 3 is 2.73 bits per heavy atom. The van der Waals surface area contributed by atoms with Crippen molar-refractivity contribution in [2.45, 2.75) is 20.3 Å². The number of amides is 3. The van der Waals surface area contributed by atoms with Gasteiger partial charge in [-0.3, -0.25) is 14.6 Å². The molecule has 2 aromatic heterocycles. The number of nitrogens with zero attached hydrogens (tertiary/aromatic N) is 4. The second-order valence-corrected chi connectivity index (χ2v) is 8.09. The molecule has 174 valence electrons. The van der Waals surface area contributed by atoms with Gasteiger partial charge in [0.05, 0.1) is 12.2 Å². The van der Waals surface area contributed by atoms with E-state index in [2.05, 4.69) is 36.7 Å². The van der Waals surface area contributed by atoms with E-state index in [-0.39, 0.29) is 11.9 Å². The molecule has 9 nitrogen and oxygen atoms in total. The van der Waals surface area contributed by atoms with Crippen LogP contribution in [0, 0.1) is 26.2 Å². The fourth-order valence-electron chi connectivity index (χ4n) is 3.66. The van der Waals surface area contributed by atoms with Crippen molar-refractivity contribution < 1.29 is 9.59 Å². The van der Waals surface area contributed by atoms with Crippen molar-refractivity contribution in [1.82, 2.24) is 25.5 Å². The second kappa shape index (κ2) is 11.4. The molecule has 1 fully saturated rings. The van der Waals surface area contributed by atoms with Gasteiger partial charge in [0.25, 0.3) is 0 Å². The van der Waals surface area contributed by atoms with Crippen LogP contribution in [0.15, 0.2) is 24.5 Å². The van der Waals surface area contributed by atoms with Gasteiger partial charge in [-0.25, -0.2) is 14.8 Å². The molecule has 2 aromatic rings. The number of aryl methyl sites for hydroxylation is 2. The SMILES string of the molecule is C#Cc1ncc(C)c(CCNC(=O)CN2CCNCC2)c1NC(=O)N(C)c1cc(C)ccn1. The first-order valence-electron chi connectivity index (χ1n) is 11.0. The van der Waals surface area contributed by atoms with E-state index in [1.54, 1.807) is 19.4 Å². The lowest BCUT2D eigenvalue weighted by molar-refractivity contribution is -0.122. The summed E-state index contributed by atoms with van der Waals surface area (Å²) < 4.78 is 0. The van der Waals surface area contributed by atoms with Gasteiger partial charge in [-0.15, -0.1) is 6.42 Å². The van der Waals surface area contributed by atoms with Gasteiger partial charge in [-0.05, 0) is 55.0 Å². The molecule has 3 heterocycles. The number of hydrogen-bond donors (Lipinski definition) is 3. The van der Waals surface area contributed by atoms with Gasteiger partial charge >= 0.3 is 6.03 Å². The van der Waals surface area contributed by atoms with Gasteiger partial charge in [0, 0.05) is 52.2 Å². The zero-order valence-corrected chi connectivity index (χ0v) is 19.4. The highest BCUT2D eigenvalue weighted by molar-refractivity contribution is 6.02. The van der Waals surface area contributed by atoms with E-state index >= 15 is 0 Å². The van der Waals surface area contributed by atoms with Crippen LogP contribution in [0.3, 0.4) is 0 Å². The molecule has 0 bridgehead atoms. The number of pyridine rings is 2. The lowest BCUT2D eigenvalue weighted by atomic mass is 10.0. The maximum Gasteiger partial charge on any atom is 0.327 e. The van der Waals surface area contributed by atoms with Crippen LogP contribution in [0.4, 0.5) is 16.3 Å². The summed E-state index contributed by atoms with van der Waals surface area (Å²) in [6.45, 7) is 8.17. The molecule has 3 N–H and O–H groups in total. The number of urea groups is 1. The van der Waals surface area contributed by atoms with Crippen molar-refractivity contribution in [2.75, 3.05) is 56.5 Å². The van der Waals surface area contributed by atoms with E-state index in [4.69, 9.17) is 6.42 Å². The predicted octanol–water partition coefficient (Wildman–Crippen LogP) is 1.31. The van der Waals surface area contributed by atoms with Crippen LogP contribution in [0.2, 0.25) is 0 Å². The Labute approximate surface area is 195 Å². The van der Waals surface area contributed by atoms with Crippen LogP contribution in [0.1, 0.15) is 22.4 Å². The first-order valence-corrected chi connectivity index (χ1v) is 11.0. The van der Waals surface area contributed by atoms with Gasteiger partial charge in [0.15, 0.2) is 0 Å². The molecule has 3 amide bonds. The summed E-state index contributed by atoms with van der Waals surface area (Å²) in [6, 6.07) is 3.32. The molecule has 0 atom stereocenters. The van der Waals surface area contributed by atoms with Crippen molar-refractivity contribution in [3.63, 3.8) is 0 Å². The predicted molar refractivity (Wildman–Crippen MR) is 129 cm³/mol. The van der Waals surface area contributed by atoms with Gasteiger partial charge in [-0.2, -0.15) is 0 Å². The number of piperazine rings is 1. The summed E-state index contributed by atoms with van der Waals surface area (Å²) >= 11 is 0. The normalized spacial score (nSPS) is 13.8. The van der Waals surface area contributed by atoms with Crippen molar-refractivity contribution in [3.05, 3.63) is 46.9 Å². The molecule has 1 saturated heterocycles. The fourth-order valence-corrected chi connectivity index (χ4v) is 3.66. The zero-order valence-electron chi connectivity index (χ0n) is 19.4. The molecule has 0 spiro atoms. The Balaban J connectivity index is 1.68. The Kier molecular flexibility index (Phi) is 8.35. The zero-order chi connectivity index (χ0) is 23.8. The minimum atomic E-state index is -0.374. The molecule has 0 unspecified atom stereocenters. The van der Waals surface area contributed by atoms with Crippen LogP contribution in [-0.2, 0) is 11.2 Å². The molecule has 3 rings (SSSR count). The van der Waals surface area contributed by atoms with E-state index in [1.165, 1.54) is 4.90 Å². The van der Waals surface area contributed by atoms with Crippen molar-refractivity contribution in [3.8, 4) is 12.3 Å². The van der Waals surface area contributed by atoms with Gasteiger partial charge in [-0.1, -0.05) is 0 Å². The average molecular weight is 450 g/mol. The number of nitrogens with one attached hydrogen (secondary N) is 3. The van der Waals surface area contributed by atoms with Crippen LogP contribution in [0.5, 0.6) is 0 Å². The molecule has 1 aliphatic heterocycles. The summed E-state index contributed by atoms with van der Waals surface area (Å²) in [5.74, 6) is 3.06. The maximum atomic E-state index is 13.0. The Morgan fingerprint density at radius 2 is 2.03 bits per heavy atom. The van der Waals surface area contributed by atoms with Crippen LogP contribution in [0.25, 0.3) is 0 Å². The maximum absolute atomic E-state index is 13.0. The summed E-state index contributed by atoms with van der Waals surface area (Å²) in [7, 11) is 1.64. The average Bonchev–Trinajstić information content (AvgIpc) is 2.81. The van der Waals surface area contributed by atoms with Crippen molar-refractivity contribution in [2.24, 2.45) is 0 Å². The molecular formula is C24H31N7O2. The Hall–Kier alpha value is -3.48. The quantitative estimate of drug-likeness (QED) is 0.551. The second-order valence-electron chi connectivity index (χ2n) is 8.09. The molecule has 33 heavy (non-hydrogen) atoms. The topological polar surface area (TPSA) is 102 Å². The largest absolute Gasteiger partial charge is 0.355 e. The molecule has 0 aliphatic carbocycles.